The number of fused-ring (bicyclic) bond motifs is 1. The fourth-order valence-corrected chi connectivity index (χ4v) is 1.60. The first kappa shape index (κ1) is 7.90. The molecule has 3 heteroatoms. The number of benzene rings is 1. The van der Waals surface area contributed by atoms with Crippen molar-refractivity contribution in [3.8, 4) is 0 Å². The number of rotatable bonds is 0. The van der Waals surface area contributed by atoms with Crippen LogP contribution in [-0.4, -0.2) is 16.3 Å². The molecule has 0 radical (unpaired) electrons. The molecule has 0 aliphatic heterocycles. The molecule has 2 rings (SSSR count). The van der Waals surface area contributed by atoms with Gasteiger partial charge in [-0.2, -0.15) is 4.79 Å². The quantitative estimate of drug-likeness (QED) is 0.428. The first-order chi connectivity index (χ1) is 6.33. The van der Waals surface area contributed by atoms with Gasteiger partial charge in [-0.25, -0.2) is 0 Å². The topological polar surface area (TPSA) is 53.5 Å². The monoisotopic (exact) mass is 172 g/mol. The van der Waals surface area contributed by atoms with E-state index < -0.39 is 0 Å². The van der Waals surface area contributed by atoms with Gasteiger partial charge < -0.3 is 5.53 Å². The summed E-state index contributed by atoms with van der Waals surface area (Å²) in [6, 6.07) is 7.51. The van der Waals surface area contributed by atoms with E-state index in [1.165, 1.54) is 0 Å². The molecule has 0 unspecified atom stereocenters. The minimum Gasteiger partial charge on any atom is -0.361 e. The third-order valence-corrected chi connectivity index (χ3v) is 2.26. The van der Waals surface area contributed by atoms with Crippen LogP contribution < -0.4 is 0 Å². The van der Waals surface area contributed by atoms with Crippen molar-refractivity contribution in [2.45, 2.75) is 12.8 Å². The van der Waals surface area contributed by atoms with Crippen LogP contribution in [0.3, 0.4) is 0 Å². The van der Waals surface area contributed by atoms with E-state index in [0.29, 0.717) is 6.42 Å². The summed E-state index contributed by atoms with van der Waals surface area (Å²) >= 11 is 0. The van der Waals surface area contributed by atoms with Crippen LogP contribution in [0.1, 0.15) is 17.5 Å². The maximum Gasteiger partial charge on any atom is 0.365 e. The van der Waals surface area contributed by atoms with Crippen LogP contribution in [0, 0.1) is 0 Å². The Labute approximate surface area is 75.6 Å². The molecule has 0 bridgehead atoms. The minimum absolute atomic E-state index is 0.0822. The third kappa shape index (κ3) is 1.19. The molecule has 0 aromatic heterocycles. The molecule has 1 aromatic rings. The van der Waals surface area contributed by atoms with Crippen LogP contribution in [0.5, 0.6) is 0 Å². The maximum absolute atomic E-state index is 11.3. The largest absolute Gasteiger partial charge is 0.365 e. The molecular formula is C10H8N2O. The lowest BCUT2D eigenvalue weighted by Crippen LogP contribution is -2.23. The highest BCUT2D eigenvalue weighted by Crippen LogP contribution is 2.17. The summed E-state index contributed by atoms with van der Waals surface area (Å²) in [5, 5.41) is 0. The van der Waals surface area contributed by atoms with Crippen molar-refractivity contribution in [2.24, 2.45) is 0 Å². The van der Waals surface area contributed by atoms with Gasteiger partial charge in [0.15, 0.2) is 0 Å². The van der Waals surface area contributed by atoms with E-state index in [-0.39, 0.29) is 11.5 Å². The predicted octanol–water partition coefficient (Wildman–Crippen LogP) is 1.22. The standard InChI is InChI=1S/C10H8N2O/c11-12-10-8-4-2-1-3-7(8)5-6-9(10)13/h1-4H,5-6H2. The molecule has 13 heavy (non-hydrogen) atoms. The molecule has 1 aliphatic carbocycles. The van der Waals surface area contributed by atoms with Gasteiger partial charge in [0.05, 0.1) is 5.56 Å². The highest BCUT2D eigenvalue weighted by atomic mass is 16.1. The van der Waals surface area contributed by atoms with E-state index in [1.807, 2.05) is 18.2 Å². The lowest BCUT2D eigenvalue weighted by atomic mass is 9.89. The van der Waals surface area contributed by atoms with E-state index in [2.05, 4.69) is 4.79 Å². The molecule has 0 amide bonds. The van der Waals surface area contributed by atoms with Crippen molar-refractivity contribution in [2.75, 3.05) is 0 Å². The van der Waals surface area contributed by atoms with Gasteiger partial charge in [-0.3, -0.25) is 4.79 Å². The zero-order chi connectivity index (χ0) is 9.26. The Hall–Kier alpha value is -1.73. The second-order valence-electron chi connectivity index (χ2n) is 3.03. The summed E-state index contributed by atoms with van der Waals surface area (Å²) in [6.07, 6.45) is 1.18. The lowest BCUT2D eigenvalue weighted by molar-refractivity contribution is -0.117. The Morgan fingerprint density at radius 2 is 2.00 bits per heavy atom. The molecule has 1 aromatic carbocycles. The Morgan fingerprint density at radius 3 is 2.77 bits per heavy atom. The zero-order valence-corrected chi connectivity index (χ0v) is 7.03. The molecule has 64 valence electrons. The van der Waals surface area contributed by atoms with Gasteiger partial charge in [0, 0.05) is 6.42 Å². The van der Waals surface area contributed by atoms with Crippen LogP contribution in [0.15, 0.2) is 24.3 Å². The summed E-state index contributed by atoms with van der Waals surface area (Å²) in [7, 11) is 0. The SMILES string of the molecule is [N-]=[N+]=C1C(=O)CCc2ccccc21. The molecule has 0 fully saturated rings. The molecular weight excluding hydrogens is 164 g/mol. The van der Waals surface area contributed by atoms with E-state index in [0.717, 1.165) is 17.5 Å². The second kappa shape index (κ2) is 2.96. The fraction of sp³-hybridized carbons (Fsp3) is 0.200. The Kier molecular flexibility index (Phi) is 1.80. The average Bonchev–Trinajstić information content (AvgIpc) is 2.18. The predicted molar refractivity (Wildman–Crippen MR) is 47.5 cm³/mol. The summed E-state index contributed by atoms with van der Waals surface area (Å²) < 4.78 is 0. The van der Waals surface area contributed by atoms with Crippen molar-refractivity contribution in [3.05, 3.63) is 40.9 Å². The number of carbonyl (C=O) groups excluding carboxylic acids is 1. The Balaban J connectivity index is 2.65. The van der Waals surface area contributed by atoms with Gasteiger partial charge >= 0.3 is 5.71 Å². The van der Waals surface area contributed by atoms with E-state index in [9.17, 15) is 4.79 Å². The number of hydrogen-bond donors (Lipinski definition) is 0. The van der Waals surface area contributed by atoms with Crippen LogP contribution in [0.4, 0.5) is 0 Å². The lowest BCUT2D eigenvalue weighted by Gasteiger charge is -2.09. The van der Waals surface area contributed by atoms with Gasteiger partial charge in [0.1, 0.15) is 0 Å². The first-order valence-electron chi connectivity index (χ1n) is 4.16. The number of hydrogen-bond acceptors (Lipinski definition) is 1. The zero-order valence-electron chi connectivity index (χ0n) is 7.03. The van der Waals surface area contributed by atoms with Crippen LogP contribution in [-0.2, 0) is 11.2 Å². The van der Waals surface area contributed by atoms with Crippen LogP contribution in [0.2, 0.25) is 0 Å². The normalized spacial score (nSPS) is 15.1. The molecule has 3 nitrogen and oxygen atoms in total. The van der Waals surface area contributed by atoms with Crippen LogP contribution in [0.25, 0.3) is 5.53 Å². The van der Waals surface area contributed by atoms with Crippen molar-refractivity contribution >= 4 is 11.5 Å². The Morgan fingerprint density at radius 1 is 1.23 bits per heavy atom. The molecule has 0 N–H and O–H groups in total. The van der Waals surface area contributed by atoms with Crippen molar-refractivity contribution in [1.29, 1.82) is 0 Å². The molecule has 0 saturated carbocycles. The summed E-state index contributed by atoms with van der Waals surface area (Å²) in [5.74, 6) is -0.0822. The Bertz CT molecular complexity index is 417. The smallest absolute Gasteiger partial charge is 0.361 e. The van der Waals surface area contributed by atoms with Crippen LogP contribution >= 0.6 is 0 Å². The highest BCUT2D eigenvalue weighted by Gasteiger charge is 2.29. The molecule has 1 aliphatic rings. The van der Waals surface area contributed by atoms with Crippen molar-refractivity contribution in [1.82, 2.24) is 0 Å². The van der Waals surface area contributed by atoms with Crippen molar-refractivity contribution in [3.63, 3.8) is 0 Å². The van der Waals surface area contributed by atoms with Gasteiger partial charge in [0.25, 0.3) is 0 Å². The first-order valence-corrected chi connectivity index (χ1v) is 4.16. The van der Waals surface area contributed by atoms with Crippen molar-refractivity contribution < 1.29 is 9.58 Å². The number of Topliss-reactive ketones (excluding diaryl/α,β-unsaturated/α-hetero) is 1. The van der Waals surface area contributed by atoms with Gasteiger partial charge in [-0.05, 0) is 18.1 Å². The summed E-state index contributed by atoms with van der Waals surface area (Å²) in [4.78, 5) is 14.3. The molecule has 0 saturated heterocycles. The number of nitrogens with zero attached hydrogens (tertiary/aromatic N) is 2. The number of carbonyl (C=O) groups is 1. The third-order valence-electron chi connectivity index (χ3n) is 2.26. The summed E-state index contributed by atoms with van der Waals surface area (Å²) in [5.41, 5.74) is 10.7. The fourth-order valence-electron chi connectivity index (χ4n) is 1.60. The maximum atomic E-state index is 11.3. The number of ketones is 1. The minimum atomic E-state index is -0.0822. The molecule has 0 atom stereocenters. The van der Waals surface area contributed by atoms with E-state index in [1.54, 1.807) is 6.07 Å². The number of aryl methyl sites for hydroxylation is 1. The van der Waals surface area contributed by atoms with Gasteiger partial charge in [-0.15, -0.1) is 0 Å². The molecule has 0 spiro atoms. The highest BCUT2D eigenvalue weighted by molar-refractivity contribution is 6.44. The van der Waals surface area contributed by atoms with Gasteiger partial charge in [0.2, 0.25) is 5.78 Å². The van der Waals surface area contributed by atoms with Gasteiger partial charge in [-0.1, -0.05) is 18.2 Å². The average molecular weight is 172 g/mol. The second-order valence-corrected chi connectivity index (χ2v) is 3.03. The van der Waals surface area contributed by atoms with E-state index >= 15 is 0 Å². The summed E-state index contributed by atoms with van der Waals surface area (Å²) in [6.45, 7) is 0. The van der Waals surface area contributed by atoms with E-state index in [4.69, 9.17) is 5.53 Å². The molecule has 0 heterocycles.